The molecule has 1 saturated heterocycles. The minimum Gasteiger partial charge on any atom is -0.376 e. The van der Waals surface area contributed by atoms with Crippen LogP contribution >= 0.6 is 0 Å². The molecule has 1 aliphatic heterocycles. The Hall–Kier alpha value is -1.53. The molecule has 0 bridgehead atoms. The Morgan fingerprint density at radius 1 is 1.56 bits per heavy atom. The van der Waals surface area contributed by atoms with Crippen LogP contribution in [0.25, 0.3) is 0 Å². The van der Waals surface area contributed by atoms with Gasteiger partial charge in [-0.3, -0.25) is 10.1 Å². The molecule has 18 heavy (non-hydrogen) atoms. The standard InChI is InChI=1S/C12H15FN2O3/c13-11-5-9(1-2-12(11)15(16)17)7-18-8-10-3-4-14-6-10/h1-2,5,10,14H,3-4,6-8H2. The highest BCUT2D eigenvalue weighted by atomic mass is 19.1. The van der Waals surface area contributed by atoms with E-state index in [2.05, 4.69) is 5.32 Å². The summed E-state index contributed by atoms with van der Waals surface area (Å²) >= 11 is 0. The van der Waals surface area contributed by atoms with Crippen molar-refractivity contribution in [3.05, 3.63) is 39.7 Å². The number of hydrogen-bond donors (Lipinski definition) is 1. The molecule has 0 aromatic heterocycles. The van der Waals surface area contributed by atoms with E-state index < -0.39 is 16.4 Å². The molecule has 1 aliphatic rings. The van der Waals surface area contributed by atoms with Crippen molar-refractivity contribution in [2.24, 2.45) is 5.92 Å². The number of benzene rings is 1. The molecule has 0 spiro atoms. The first-order valence-electron chi connectivity index (χ1n) is 5.88. The number of nitro groups is 1. The SMILES string of the molecule is O=[N+]([O-])c1ccc(COCC2CCNC2)cc1F. The van der Waals surface area contributed by atoms with E-state index >= 15 is 0 Å². The van der Waals surface area contributed by atoms with Gasteiger partial charge >= 0.3 is 5.69 Å². The smallest absolute Gasteiger partial charge is 0.304 e. The fraction of sp³-hybridized carbons (Fsp3) is 0.500. The Labute approximate surface area is 104 Å². The molecular formula is C12H15FN2O3. The lowest BCUT2D eigenvalue weighted by atomic mass is 10.1. The number of halogens is 1. The molecule has 5 nitrogen and oxygen atoms in total. The first-order chi connectivity index (χ1) is 8.66. The fourth-order valence-electron chi connectivity index (χ4n) is 1.99. The quantitative estimate of drug-likeness (QED) is 0.643. The molecule has 0 radical (unpaired) electrons. The van der Waals surface area contributed by atoms with Gasteiger partial charge in [-0.25, -0.2) is 0 Å². The molecule has 1 unspecified atom stereocenters. The van der Waals surface area contributed by atoms with Crippen molar-refractivity contribution >= 4 is 5.69 Å². The van der Waals surface area contributed by atoms with Crippen molar-refractivity contribution < 1.29 is 14.1 Å². The van der Waals surface area contributed by atoms with Gasteiger partial charge in [-0.15, -0.1) is 0 Å². The molecule has 2 rings (SSSR count). The average Bonchev–Trinajstić information content (AvgIpc) is 2.81. The Balaban J connectivity index is 1.85. The first kappa shape index (κ1) is 12.9. The van der Waals surface area contributed by atoms with E-state index in [9.17, 15) is 14.5 Å². The van der Waals surface area contributed by atoms with E-state index in [-0.39, 0.29) is 6.61 Å². The van der Waals surface area contributed by atoms with Gasteiger partial charge in [0.15, 0.2) is 0 Å². The third-order valence-electron chi connectivity index (χ3n) is 2.99. The van der Waals surface area contributed by atoms with Crippen LogP contribution in [0.1, 0.15) is 12.0 Å². The van der Waals surface area contributed by atoms with Gasteiger partial charge in [0.1, 0.15) is 0 Å². The van der Waals surface area contributed by atoms with Crippen molar-refractivity contribution in [1.82, 2.24) is 5.32 Å². The van der Waals surface area contributed by atoms with Gasteiger partial charge in [0.2, 0.25) is 5.82 Å². The summed E-state index contributed by atoms with van der Waals surface area (Å²) < 4.78 is 18.8. The molecule has 1 aromatic carbocycles. The molecule has 1 heterocycles. The maximum atomic E-state index is 13.3. The Morgan fingerprint density at radius 3 is 3.00 bits per heavy atom. The molecule has 98 valence electrons. The number of nitrogens with zero attached hydrogens (tertiary/aromatic N) is 1. The predicted molar refractivity (Wildman–Crippen MR) is 63.7 cm³/mol. The number of ether oxygens (including phenoxy) is 1. The topological polar surface area (TPSA) is 64.4 Å². The van der Waals surface area contributed by atoms with Gasteiger partial charge in [-0.2, -0.15) is 4.39 Å². The van der Waals surface area contributed by atoms with E-state index in [1.165, 1.54) is 12.1 Å². The molecule has 1 atom stereocenters. The minimum atomic E-state index is -0.816. The Bertz CT molecular complexity index is 433. The second-order valence-electron chi connectivity index (χ2n) is 4.42. The lowest BCUT2D eigenvalue weighted by Gasteiger charge is -2.09. The Kier molecular flexibility index (Phi) is 4.22. The lowest BCUT2D eigenvalue weighted by Crippen LogP contribution is -2.13. The van der Waals surface area contributed by atoms with Gasteiger partial charge in [-0.05, 0) is 36.6 Å². The molecule has 6 heteroatoms. The van der Waals surface area contributed by atoms with E-state index in [1.807, 2.05) is 0 Å². The number of nitro benzene ring substituents is 1. The second kappa shape index (κ2) is 5.88. The number of rotatable bonds is 5. The normalized spacial score (nSPS) is 19.1. The van der Waals surface area contributed by atoms with Crippen LogP contribution in [0.15, 0.2) is 18.2 Å². The number of hydrogen-bond acceptors (Lipinski definition) is 4. The molecule has 1 aromatic rings. The van der Waals surface area contributed by atoms with E-state index in [4.69, 9.17) is 4.74 Å². The van der Waals surface area contributed by atoms with Gasteiger partial charge in [0, 0.05) is 12.6 Å². The second-order valence-corrected chi connectivity index (χ2v) is 4.42. The van der Waals surface area contributed by atoms with E-state index in [0.29, 0.717) is 18.1 Å². The molecule has 0 aliphatic carbocycles. The summed E-state index contributed by atoms with van der Waals surface area (Å²) in [7, 11) is 0. The zero-order chi connectivity index (χ0) is 13.0. The van der Waals surface area contributed by atoms with Crippen LogP contribution in [0.4, 0.5) is 10.1 Å². The zero-order valence-electron chi connectivity index (χ0n) is 9.89. The van der Waals surface area contributed by atoms with Crippen molar-refractivity contribution in [3.8, 4) is 0 Å². The van der Waals surface area contributed by atoms with Crippen molar-refractivity contribution in [2.45, 2.75) is 13.0 Å². The maximum absolute atomic E-state index is 13.3. The molecular weight excluding hydrogens is 239 g/mol. The third-order valence-corrected chi connectivity index (χ3v) is 2.99. The summed E-state index contributed by atoms with van der Waals surface area (Å²) in [5.74, 6) is -0.309. The van der Waals surface area contributed by atoms with Gasteiger partial charge in [-0.1, -0.05) is 0 Å². The summed E-state index contributed by atoms with van der Waals surface area (Å²) in [5.41, 5.74) is 0.114. The van der Waals surface area contributed by atoms with E-state index in [0.717, 1.165) is 25.6 Å². The summed E-state index contributed by atoms with van der Waals surface area (Å²) in [5, 5.41) is 13.7. The molecule has 0 amide bonds. The molecule has 0 saturated carbocycles. The highest BCUT2D eigenvalue weighted by molar-refractivity contribution is 5.34. The molecule has 1 N–H and O–H groups in total. The minimum absolute atomic E-state index is 0.283. The average molecular weight is 254 g/mol. The van der Waals surface area contributed by atoms with Crippen LogP contribution in [0.2, 0.25) is 0 Å². The third kappa shape index (κ3) is 3.24. The maximum Gasteiger partial charge on any atom is 0.304 e. The van der Waals surface area contributed by atoms with Crippen LogP contribution in [0, 0.1) is 21.8 Å². The highest BCUT2D eigenvalue weighted by Crippen LogP contribution is 2.18. The summed E-state index contributed by atoms with van der Waals surface area (Å²) in [6, 6.07) is 3.85. The summed E-state index contributed by atoms with van der Waals surface area (Å²) in [6.07, 6.45) is 1.09. The van der Waals surface area contributed by atoms with Crippen LogP contribution in [0.5, 0.6) is 0 Å². The van der Waals surface area contributed by atoms with Crippen LogP contribution < -0.4 is 5.32 Å². The zero-order valence-corrected chi connectivity index (χ0v) is 9.89. The molecule has 1 fully saturated rings. The van der Waals surface area contributed by atoms with Crippen molar-refractivity contribution in [3.63, 3.8) is 0 Å². The first-order valence-corrected chi connectivity index (χ1v) is 5.88. The summed E-state index contributed by atoms with van der Waals surface area (Å²) in [4.78, 5) is 9.72. The highest BCUT2D eigenvalue weighted by Gasteiger charge is 2.16. The van der Waals surface area contributed by atoms with Crippen LogP contribution in [-0.2, 0) is 11.3 Å². The summed E-state index contributed by atoms with van der Waals surface area (Å²) in [6.45, 7) is 2.88. The Morgan fingerprint density at radius 2 is 2.39 bits per heavy atom. The van der Waals surface area contributed by atoms with E-state index in [1.54, 1.807) is 0 Å². The monoisotopic (exact) mass is 254 g/mol. The van der Waals surface area contributed by atoms with Gasteiger partial charge < -0.3 is 10.1 Å². The lowest BCUT2D eigenvalue weighted by molar-refractivity contribution is -0.387. The fourth-order valence-corrected chi connectivity index (χ4v) is 1.99. The number of nitrogens with one attached hydrogen (secondary N) is 1. The van der Waals surface area contributed by atoms with Gasteiger partial charge in [0.05, 0.1) is 18.1 Å². The van der Waals surface area contributed by atoms with Crippen molar-refractivity contribution in [1.29, 1.82) is 0 Å². The van der Waals surface area contributed by atoms with Crippen molar-refractivity contribution in [2.75, 3.05) is 19.7 Å². The predicted octanol–water partition coefficient (Wildman–Crippen LogP) is 1.86. The van der Waals surface area contributed by atoms with Gasteiger partial charge in [0.25, 0.3) is 0 Å². The van der Waals surface area contributed by atoms with Crippen LogP contribution in [0.3, 0.4) is 0 Å². The largest absolute Gasteiger partial charge is 0.376 e. The van der Waals surface area contributed by atoms with Crippen LogP contribution in [-0.4, -0.2) is 24.6 Å².